The normalized spacial score (nSPS) is 19.7. The topological polar surface area (TPSA) is 77.8 Å². The van der Waals surface area contributed by atoms with Crippen LogP contribution < -0.4 is 0 Å². The molecule has 7 heteroatoms. The van der Waals surface area contributed by atoms with Crippen molar-refractivity contribution in [2.45, 2.75) is 69.4 Å². The van der Waals surface area contributed by atoms with Crippen LogP contribution in [0.1, 0.15) is 57.4 Å². The van der Waals surface area contributed by atoms with Gasteiger partial charge in [-0.2, -0.15) is 8.78 Å². The number of aliphatic carboxylic acids is 1. The lowest BCUT2D eigenvalue weighted by Gasteiger charge is -2.31. The van der Waals surface area contributed by atoms with Gasteiger partial charge in [-0.3, -0.25) is 9.59 Å². The highest BCUT2D eigenvalue weighted by atomic mass is 19.3. The van der Waals surface area contributed by atoms with Crippen molar-refractivity contribution in [3.05, 3.63) is 48.0 Å². The van der Waals surface area contributed by atoms with Gasteiger partial charge in [0.1, 0.15) is 5.60 Å². The Labute approximate surface area is 170 Å². The van der Waals surface area contributed by atoms with Gasteiger partial charge >= 0.3 is 11.9 Å². The van der Waals surface area contributed by atoms with E-state index < -0.39 is 17.5 Å². The number of likely N-dealkylation sites (tertiary alicyclic amines) is 1. The molecule has 0 bridgehead atoms. The molecule has 0 saturated carbocycles. The number of carboxylic acid groups (broad SMARTS) is 1. The maximum atomic E-state index is 14.7. The van der Waals surface area contributed by atoms with E-state index in [9.17, 15) is 23.5 Å². The van der Waals surface area contributed by atoms with Gasteiger partial charge in [-0.15, -0.1) is 0 Å². The van der Waals surface area contributed by atoms with E-state index in [1.54, 1.807) is 11.0 Å². The molecule has 1 fully saturated rings. The SMILES string of the molecule is C[C@@](O)(/C=C/[C@H]1CCC(=O)N1CCCCCCC(=O)O)C(F)(F)c1ccccc1. The lowest BCUT2D eigenvalue weighted by atomic mass is 9.90. The number of carboxylic acids is 1. The molecular weight excluding hydrogens is 380 g/mol. The zero-order valence-corrected chi connectivity index (χ0v) is 16.7. The summed E-state index contributed by atoms with van der Waals surface area (Å²) in [7, 11) is 0. The Kier molecular flexibility index (Phi) is 7.90. The van der Waals surface area contributed by atoms with E-state index in [4.69, 9.17) is 5.11 Å². The molecule has 160 valence electrons. The predicted octanol–water partition coefficient (Wildman–Crippen LogP) is 4.11. The number of alkyl halides is 2. The number of hydrogen-bond donors (Lipinski definition) is 2. The zero-order valence-electron chi connectivity index (χ0n) is 16.7. The van der Waals surface area contributed by atoms with Gasteiger partial charge < -0.3 is 15.1 Å². The monoisotopic (exact) mass is 409 g/mol. The van der Waals surface area contributed by atoms with Gasteiger partial charge in [-0.25, -0.2) is 0 Å². The van der Waals surface area contributed by atoms with Crippen LogP contribution in [0, 0.1) is 0 Å². The second kappa shape index (κ2) is 9.96. The first-order valence-corrected chi connectivity index (χ1v) is 10.0. The Morgan fingerprint density at radius 2 is 1.86 bits per heavy atom. The minimum absolute atomic E-state index is 0.0281. The molecule has 1 heterocycles. The number of rotatable bonds is 11. The van der Waals surface area contributed by atoms with E-state index in [2.05, 4.69) is 0 Å². The fourth-order valence-electron chi connectivity index (χ4n) is 3.50. The van der Waals surface area contributed by atoms with Crippen LogP contribution in [0.3, 0.4) is 0 Å². The number of carbonyl (C=O) groups is 2. The minimum atomic E-state index is -3.47. The van der Waals surface area contributed by atoms with Gasteiger partial charge in [0.15, 0.2) is 0 Å². The van der Waals surface area contributed by atoms with Crippen molar-refractivity contribution >= 4 is 11.9 Å². The molecule has 0 radical (unpaired) electrons. The van der Waals surface area contributed by atoms with Crippen LogP contribution in [0.4, 0.5) is 8.78 Å². The highest BCUT2D eigenvalue weighted by Crippen LogP contribution is 2.40. The molecule has 1 aliphatic heterocycles. The Balaban J connectivity index is 1.95. The molecule has 2 atom stereocenters. The Morgan fingerprint density at radius 3 is 2.52 bits per heavy atom. The molecule has 5 nitrogen and oxygen atoms in total. The molecule has 1 amide bonds. The number of benzene rings is 1. The average Bonchev–Trinajstić information content (AvgIpc) is 3.03. The van der Waals surface area contributed by atoms with Crippen molar-refractivity contribution in [1.29, 1.82) is 0 Å². The minimum Gasteiger partial charge on any atom is -0.481 e. The maximum Gasteiger partial charge on any atom is 0.304 e. The van der Waals surface area contributed by atoms with Crippen molar-refractivity contribution in [1.82, 2.24) is 4.90 Å². The number of halogens is 2. The standard InChI is InChI=1S/C22H29F2NO4/c1-21(29,22(23,24)17-9-5-4-6-10-17)15-14-18-12-13-19(26)25(18)16-8-3-2-7-11-20(27)28/h4-6,9-10,14-15,18,29H,2-3,7-8,11-13,16H2,1H3,(H,27,28)/b15-14+/t18-,21-/m1/s1. The quantitative estimate of drug-likeness (QED) is 0.426. The number of carbonyl (C=O) groups excluding carboxylic acids is 1. The third-order valence-corrected chi connectivity index (χ3v) is 5.33. The summed E-state index contributed by atoms with van der Waals surface area (Å²) in [5, 5.41) is 19.1. The second-order valence-electron chi connectivity index (χ2n) is 7.70. The molecule has 1 aliphatic rings. The second-order valence-corrected chi connectivity index (χ2v) is 7.70. The molecule has 1 aromatic rings. The summed E-state index contributed by atoms with van der Waals surface area (Å²) in [5.74, 6) is -4.31. The first-order chi connectivity index (χ1) is 13.6. The largest absolute Gasteiger partial charge is 0.481 e. The van der Waals surface area contributed by atoms with Crippen LogP contribution >= 0.6 is 0 Å². The summed E-state index contributed by atoms with van der Waals surface area (Å²) in [5.41, 5.74) is -2.65. The van der Waals surface area contributed by atoms with Crippen LogP contribution in [0.25, 0.3) is 0 Å². The third-order valence-electron chi connectivity index (χ3n) is 5.33. The molecule has 29 heavy (non-hydrogen) atoms. The Morgan fingerprint density at radius 1 is 1.21 bits per heavy atom. The van der Waals surface area contributed by atoms with Gasteiger partial charge in [0.2, 0.25) is 5.91 Å². The highest BCUT2D eigenvalue weighted by Gasteiger charge is 2.49. The van der Waals surface area contributed by atoms with Crippen LogP contribution in [-0.4, -0.2) is 45.2 Å². The van der Waals surface area contributed by atoms with Gasteiger partial charge in [-0.05, 0) is 32.3 Å². The van der Waals surface area contributed by atoms with Crippen molar-refractivity contribution in [3.8, 4) is 0 Å². The number of nitrogens with zero attached hydrogens (tertiary/aromatic N) is 1. The summed E-state index contributed by atoms with van der Waals surface area (Å²) in [4.78, 5) is 24.3. The average molecular weight is 409 g/mol. The van der Waals surface area contributed by atoms with Crippen molar-refractivity contribution < 1.29 is 28.6 Å². The summed E-state index contributed by atoms with van der Waals surface area (Å²) in [6.07, 6.45) is 6.53. The molecule has 2 N–H and O–H groups in total. The van der Waals surface area contributed by atoms with E-state index in [1.807, 2.05) is 0 Å². The molecule has 1 saturated heterocycles. The van der Waals surface area contributed by atoms with Crippen molar-refractivity contribution in [3.63, 3.8) is 0 Å². The number of hydrogen-bond acceptors (Lipinski definition) is 3. The third kappa shape index (κ3) is 6.10. The van der Waals surface area contributed by atoms with E-state index >= 15 is 0 Å². The molecule has 2 rings (SSSR count). The first kappa shape index (κ1) is 23.0. The lowest BCUT2D eigenvalue weighted by molar-refractivity contribution is -0.152. The van der Waals surface area contributed by atoms with Gasteiger partial charge in [0.25, 0.3) is 0 Å². The molecule has 0 spiro atoms. The molecule has 0 unspecified atom stereocenters. The molecular formula is C22H29F2NO4. The maximum absolute atomic E-state index is 14.7. The number of aliphatic hydroxyl groups is 1. The van der Waals surface area contributed by atoms with Gasteiger partial charge in [0.05, 0.1) is 6.04 Å². The Hall–Kier alpha value is -2.28. The van der Waals surface area contributed by atoms with Crippen LogP contribution in [-0.2, 0) is 15.5 Å². The number of amides is 1. The van der Waals surface area contributed by atoms with E-state index in [0.717, 1.165) is 32.3 Å². The summed E-state index contributed by atoms with van der Waals surface area (Å²) in [6.45, 7) is 1.57. The van der Waals surface area contributed by atoms with Crippen LogP contribution in [0.15, 0.2) is 42.5 Å². The molecule has 0 aromatic heterocycles. The first-order valence-electron chi connectivity index (χ1n) is 10.0. The van der Waals surface area contributed by atoms with Crippen molar-refractivity contribution in [2.75, 3.05) is 6.54 Å². The number of unbranched alkanes of at least 4 members (excludes halogenated alkanes) is 3. The predicted molar refractivity (Wildman–Crippen MR) is 106 cm³/mol. The van der Waals surface area contributed by atoms with Crippen LogP contribution in [0.2, 0.25) is 0 Å². The van der Waals surface area contributed by atoms with E-state index in [0.29, 0.717) is 25.8 Å². The van der Waals surface area contributed by atoms with Crippen LogP contribution in [0.5, 0.6) is 0 Å². The fourth-order valence-corrected chi connectivity index (χ4v) is 3.50. The summed E-state index contributed by atoms with van der Waals surface area (Å²) in [6, 6.07) is 6.86. The summed E-state index contributed by atoms with van der Waals surface area (Å²) < 4.78 is 29.5. The van der Waals surface area contributed by atoms with Crippen molar-refractivity contribution in [2.24, 2.45) is 0 Å². The summed E-state index contributed by atoms with van der Waals surface area (Å²) >= 11 is 0. The molecule has 1 aromatic carbocycles. The van der Waals surface area contributed by atoms with Gasteiger partial charge in [-0.1, -0.05) is 49.2 Å². The van der Waals surface area contributed by atoms with E-state index in [-0.39, 0.29) is 23.9 Å². The zero-order chi connectivity index (χ0) is 21.5. The smallest absolute Gasteiger partial charge is 0.304 e. The highest BCUT2D eigenvalue weighted by molar-refractivity contribution is 5.79. The Bertz CT molecular complexity index is 719. The van der Waals surface area contributed by atoms with E-state index in [1.165, 1.54) is 30.3 Å². The molecule has 0 aliphatic carbocycles. The fraction of sp³-hybridized carbons (Fsp3) is 0.545. The van der Waals surface area contributed by atoms with Gasteiger partial charge in [0, 0.05) is 24.9 Å². The lowest BCUT2D eigenvalue weighted by Crippen LogP contribution is -2.42.